The average molecular weight is 294 g/mol. The molecule has 108 valence electrons. The first-order valence-electron chi connectivity index (χ1n) is 7.81. The van der Waals surface area contributed by atoms with Crippen LogP contribution in [-0.2, 0) is 6.42 Å². The summed E-state index contributed by atoms with van der Waals surface area (Å²) < 4.78 is 14.1. The van der Waals surface area contributed by atoms with Gasteiger partial charge in [-0.3, -0.25) is 0 Å². The van der Waals surface area contributed by atoms with Gasteiger partial charge in [-0.25, -0.2) is 4.39 Å². The molecule has 2 unspecified atom stereocenters. The molecule has 0 bridgehead atoms. The van der Waals surface area contributed by atoms with Gasteiger partial charge in [-0.2, -0.15) is 0 Å². The van der Waals surface area contributed by atoms with Crippen molar-refractivity contribution >= 4 is 11.6 Å². The van der Waals surface area contributed by atoms with E-state index >= 15 is 0 Å². The van der Waals surface area contributed by atoms with Crippen molar-refractivity contribution in [3.8, 4) is 0 Å². The molecule has 2 atom stereocenters. The average Bonchev–Trinajstić information content (AvgIpc) is 3.33. The fourth-order valence-electron chi connectivity index (χ4n) is 4.08. The SMILES string of the molecule is Fc1cccc(Cl)c1CC1(CNC2CC2)CC2CC2C1. The highest BCUT2D eigenvalue weighted by Gasteiger charge is 2.53. The van der Waals surface area contributed by atoms with Crippen LogP contribution < -0.4 is 5.32 Å². The maximum absolute atomic E-state index is 14.1. The Hall–Kier alpha value is -0.600. The van der Waals surface area contributed by atoms with Gasteiger partial charge in [0.2, 0.25) is 0 Å². The summed E-state index contributed by atoms with van der Waals surface area (Å²) in [6.45, 7) is 1.04. The summed E-state index contributed by atoms with van der Waals surface area (Å²) in [6, 6.07) is 5.78. The Morgan fingerprint density at radius 2 is 2.00 bits per heavy atom. The smallest absolute Gasteiger partial charge is 0.127 e. The molecule has 1 aromatic rings. The van der Waals surface area contributed by atoms with Crippen LogP contribution in [0.4, 0.5) is 4.39 Å². The molecule has 0 heterocycles. The quantitative estimate of drug-likeness (QED) is 0.858. The molecule has 4 rings (SSSR count). The fraction of sp³-hybridized carbons (Fsp3) is 0.647. The molecule has 0 saturated heterocycles. The second kappa shape index (κ2) is 4.71. The minimum absolute atomic E-state index is 0.135. The van der Waals surface area contributed by atoms with Crippen LogP contribution in [0.5, 0.6) is 0 Å². The van der Waals surface area contributed by atoms with Crippen molar-refractivity contribution in [1.82, 2.24) is 5.32 Å². The number of benzene rings is 1. The lowest BCUT2D eigenvalue weighted by molar-refractivity contribution is 0.245. The van der Waals surface area contributed by atoms with Crippen molar-refractivity contribution in [2.75, 3.05) is 6.54 Å². The Kier molecular flexibility index (Phi) is 3.08. The van der Waals surface area contributed by atoms with Crippen LogP contribution >= 0.6 is 11.6 Å². The molecule has 3 heteroatoms. The predicted octanol–water partition coefficient (Wildman–Crippen LogP) is 4.19. The van der Waals surface area contributed by atoms with Gasteiger partial charge in [-0.15, -0.1) is 0 Å². The van der Waals surface area contributed by atoms with Gasteiger partial charge in [0.05, 0.1) is 0 Å². The first-order valence-corrected chi connectivity index (χ1v) is 8.19. The van der Waals surface area contributed by atoms with Crippen molar-refractivity contribution in [1.29, 1.82) is 0 Å². The summed E-state index contributed by atoms with van der Waals surface area (Å²) >= 11 is 6.23. The molecule has 1 nitrogen and oxygen atoms in total. The van der Waals surface area contributed by atoms with Gasteiger partial charge >= 0.3 is 0 Å². The van der Waals surface area contributed by atoms with Crippen LogP contribution in [0.3, 0.4) is 0 Å². The summed E-state index contributed by atoms with van der Waals surface area (Å²) in [4.78, 5) is 0. The van der Waals surface area contributed by atoms with Crippen LogP contribution in [0.1, 0.15) is 37.7 Å². The molecule has 3 aliphatic rings. The lowest BCUT2D eigenvalue weighted by Crippen LogP contribution is -2.36. The van der Waals surface area contributed by atoms with Gasteiger partial charge in [-0.1, -0.05) is 17.7 Å². The molecule has 0 aliphatic heterocycles. The van der Waals surface area contributed by atoms with E-state index in [1.807, 2.05) is 6.07 Å². The second-order valence-electron chi connectivity index (χ2n) is 7.20. The highest BCUT2D eigenvalue weighted by Crippen LogP contribution is 2.61. The molecule has 1 N–H and O–H groups in total. The van der Waals surface area contributed by atoms with Gasteiger partial charge in [0.25, 0.3) is 0 Å². The van der Waals surface area contributed by atoms with Gasteiger partial charge in [0.15, 0.2) is 0 Å². The van der Waals surface area contributed by atoms with Crippen LogP contribution in [-0.4, -0.2) is 12.6 Å². The zero-order chi connectivity index (χ0) is 13.7. The minimum atomic E-state index is -0.135. The van der Waals surface area contributed by atoms with E-state index in [2.05, 4.69) is 5.32 Å². The normalized spacial score (nSPS) is 35.1. The molecule has 3 fully saturated rings. The van der Waals surface area contributed by atoms with Crippen LogP contribution in [0.2, 0.25) is 5.02 Å². The molecule has 0 aromatic heterocycles. The van der Waals surface area contributed by atoms with E-state index in [0.717, 1.165) is 36.4 Å². The number of halogens is 2. The first-order chi connectivity index (χ1) is 9.65. The summed E-state index contributed by atoms with van der Waals surface area (Å²) in [5, 5.41) is 4.27. The molecule has 0 spiro atoms. The third kappa shape index (κ3) is 2.48. The standard InChI is InChI=1S/C17H21ClFN/c18-15-2-1-3-16(19)14(15)9-17(10-20-13-4-5-13)7-11-6-12(11)8-17/h1-3,11-13,20H,4-10H2. The van der Waals surface area contributed by atoms with Crippen molar-refractivity contribution in [2.24, 2.45) is 17.3 Å². The maximum Gasteiger partial charge on any atom is 0.127 e. The number of hydrogen-bond donors (Lipinski definition) is 1. The van der Waals surface area contributed by atoms with E-state index in [1.165, 1.54) is 32.1 Å². The van der Waals surface area contributed by atoms with Gasteiger partial charge in [0.1, 0.15) is 5.82 Å². The molecular formula is C17H21ClFN. The molecule has 3 aliphatic carbocycles. The fourth-order valence-corrected chi connectivity index (χ4v) is 4.31. The number of fused-ring (bicyclic) bond motifs is 1. The summed E-state index contributed by atoms with van der Waals surface area (Å²) in [5.74, 6) is 1.67. The summed E-state index contributed by atoms with van der Waals surface area (Å²) in [6.07, 6.45) is 7.32. The zero-order valence-electron chi connectivity index (χ0n) is 11.7. The van der Waals surface area contributed by atoms with Gasteiger partial charge in [-0.05, 0) is 67.9 Å². The van der Waals surface area contributed by atoms with E-state index in [4.69, 9.17) is 11.6 Å². The Bertz CT molecular complexity index is 495. The Balaban J connectivity index is 1.55. The Morgan fingerprint density at radius 3 is 2.65 bits per heavy atom. The molecule has 0 radical (unpaired) electrons. The monoisotopic (exact) mass is 293 g/mol. The number of nitrogens with one attached hydrogen (secondary N) is 1. The van der Waals surface area contributed by atoms with E-state index in [1.54, 1.807) is 12.1 Å². The minimum Gasteiger partial charge on any atom is -0.313 e. The third-order valence-electron chi connectivity index (χ3n) is 5.42. The van der Waals surface area contributed by atoms with Crippen molar-refractivity contribution in [2.45, 2.75) is 44.6 Å². The molecule has 20 heavy (non-hydrogen) atoms. The first kappa shape index (κ1) is 13.1. The Morgan fingerprint density at radius 1 is 1.25 bits per heavy atom. The Labute approximate surface area is 124 Å². The van der Waals surface area contributed by atoms with Gasteiger partial charge < -0.3 is 5.32 Å². The van der Waals surface area contributed by atoms with Crippen molar-refractivity contribution in [3.63, 3.8) is 0 Å². The molecule has 1 aromatic carbocycles. The lowest BCUT2D eigenvalue weighted by Gasteiger charge is -2.32. The molecule has 0 amide bonds. The van der Waals surface area contributed by atoms with Crippen LogP contribution in [0.15, 0.2) is 18.2 Å². The largest absolute Gasteiger partial charge is 0.313 e. The van der Waals surface area contributed by atoms with E-state index in [9.17, 15) is 4.39 Å². The van der Waals surface area contributed by atoms with E-state index in [0.29, 0.717) is 5.02 Å². The van der Waals surface area contributed by atoms with Crippen molar-refractivity contribution < 1.29 is 4.39 Å². The lowest BCUT2D eigenvalue weighted by atomic mass is 9.77. The number of hydrogen-bond acceptors (Lipinski definition) is 1. The predicted molar refractivity (Wildman–Crippen MR) is 79.4 cm³/mol. The molecular weight excluding hydrogens is 273 g/mol. The number of rotatable bonds is 5. The van der Waals surface area contributed by atoms with Crippen LogP contribution in [0, 0.1) is 23.1 Å². The summed E-state index contributed by atoms with van der Waals surface area (Å²) in [7, 11) is 0. The zero-order valence-corrected chi connectivity index (χ0v) is 12.4. The van der Waals surface area contributed by atoms with Crippen LogP contribution in [0.25, 0.3) is 0 Å². The van der Waals surface area contributed by atoms with E-state index in [-0.39, 0.29) is 11.2 Å². The summed E-state index contributed by atoms with van der Waals surface area (Å²) in [5.41, 5.74) is 0.968. The van der Waals surface area contributed by atoms with Crippen molar-refractivity contribution in [3.05, 3.63) is 34.6 Å². The topological polar surface area (TPSA) is 12.0 Å². The molecule has 3 saturated carbocycles. The maximum atomic E-state index is 14.1. The highest BCUT2D eigenvalue weighted by atomic mass is 35.5. The third-order valence-corrected chi connectivity index (χ3v) is 5.77. The highest BCUT2D eigenvalue weighted by molar-refractivity contribution is 6.31. The van der Waals surface area contributed by atoms with Gasteiger partial charge in [0, 0.05) is 23.2 Å². The van der Waals surface area contributed by atoms with E-state index < -0.39 is 0 Å². The second-order valence-corrected chi connectivity index (χ2v) is 7.60.